The fraction of sp³-hybridized carbons (Fsp3) is 1.00. The maximum atomic E-state index is 11.2. The van der Waals surface area contributed by atoms with E-state index >= 15 is 0 Å². The molecule has 23 heterocycles. The van der Waals surface area contributed by atoms with Crippen LogP contribution in [0.15, 0.2) is 0 Å². The van der Waals surface area contributed by atoms with E-state index in [2.05, 4.69) is 4.74 Å². The van der Waals surface area contributed by atoms with Crippen molar-refractivity contribution in [2.24, 2.45) is 0 Å². The van der Waals surface area contributed by atoms with Crippen LogP contribution in [-0.2, 0) is 61.6 Å². The van der Waals surface area contributed by atoms with Crippen molar-refractivity contribution in [2.75, 3.05) is 39.6 Å². The highest BCUT2D eigenvalue weighted by atomic mass is 16.8. The van der Waals surface area contributed by atoms with E-state index in [1.54, 1.807) is 0 Å². The fourth-order valence-corrected chi connectivity index (χ4v) is 9.96. The molecule has 15 unspecified atom stereocenters. The molecule has 23 fully saturated rings. The molecular formula is C42H72O35. The van der Waals surface area contributed by atoms with Crippen molar-refractivity contribution in [3.05, 3.63) is 0 Å². The van der Waals surface area contributed by atoms with Crippen LogP contribution in [0.1, 0.15) is 6.92 Å². The van der Waals surface area contributed by atoms with Crippen molar-refractivity contribution >= 4 is 0 Å². The summed E-state index contributed by atoms with van der Waals surface area (Å²) in [6.45, 7) is -4.49. The number of aliphatic hydroxyl groups is 22. The van der Waals surface area contributed by atoms with Gasteiger partial charge in [-0.15, -0.1) is 0 Å². The zero-order valence-corrected chi connectivity index (χ0v) is 40.6. The summed E-state index contributed by atoms with van der Waals surface area (Å²) in [4.78, 5) is 0. The SMILES string of the molecule is C[C@@H]1OC(O)[C@H](O)[C@H](O)[C@H]1O.OC[C@H]1O[C@@H]2O[C@H]3C(O)C(O)[C@H](O[C@@H]3CO)O[C@H]3C(O)C(O)[C@H](O[C@@H]3CO)O[C@H]3C(O)C(O)[C@H](O[C@@H]3CO)O[C@H]3C(O)C(O)[C@H](O[C@@H]3CO)O[C@H]3C(O)C(O)C(OC1C(O)C2O)O[C@@H]3CO. The first kappa shape index (κ1) is 63.2. The summed E-state index contributed by atoms with van der Waals surface area (Å²) in [6, 6.07) is 0. The molecule has 23 aliphatic heterocycles. The van der Waals surface area contributed by atoms with E-state index in [0.29, 0.717) is 0 Å². The average Bonchev–Trinajstić information content (AvgIpc) is 3.43. The summed E-state index contributed by atoms with van der Waals surface area (Å²) in [6.07, 6.45) is -64.5. The van der Waals surface area contributed by atoms with Crippen LogP contribution < -0.4 is 0 Å². The summed E-state index contributed by atoms with van der Waals surface area (Å²) in [5, 5.41) is 232. The summed E-state index contributed by atoms with van der Waals surface area (Å²) in [7, 11) is 0. The highest BCUT2D eigenvalue weighted by Gasteiger charge is 2.59. The molecule has 0 spiro atoms. The summed E-state index contributed by atoms with van der Waals surface area (Å²) in [5.41, 5.74) is 0. The Morgan fingerprint density at radius 3 is 0.558 bits per heavy atom. The van der Waals surface area contributed by atoms with E-state index in [1.165, 1.54) is 6.92 Å². The van der Waals surface area contributed by atoms with Gasteiger partial charge in [-0.3, -0.25) is 0 Å². The van der Waals surface area contributed by atoms with Crippen molar-refractivity contribution in [1.29, 1.82) is 0 Å². The van der Waals surface area contributed by atoms with Gasteiger partial charge in [0.25, 0.3) is 0 Å². The van der Waals surface area contributed by atoms with E-state index in [-0.39, 0.29) is 0 Å². The monoisotopic (exact) mass is 1140 g/mol. The van der Waals surface area contributed by atoms with Crippen LogP contribution in [0.4, 0.5) is 0 Å². The molecule has 23 aliphatic rings. The van der Waals surface area contributed by atoms with Gasteiger partial charge in [0.1, 0.15) is 165 Å². The Labute approximate surface area is 435 Å². The molecule has 12 bridgehead atoms. The highest BCUT2D eigenvalue weighted by Crippen LogP contribution is 2.38. The normalized spacial score (nSPS) is 55.0. The number of aliphatic hydroxyl groups excluding tert-OH is 22. The second-order valence-corrected chi connectivity index (χ2v) is 19.5. The van der Waals surface area contributed by atoms with Crippen LogP contribution in [0.5, 0.6) is 0 Å². The van der Waals surface area contributed by atoms with Gasteiger partial charge in [0.2, 0.25) is 0 Å². The summed E-state index contributed by atoms with van der Waals surface area (Å²) in [5.74, 6) is 0. The van der Waals surface area contributed by atoms with Gasteiger partial charge < -0.3 is 174 Å². The molecule has 0 aromatic carbocycles. The molecule has 0 amide bonds. The summed E-state index contributed by atoms with van der Waals surface area (Å²) < 4.78 is 72.5. The Bertz CT molecular complexity index is 1500. The van der Waals surface area contributed by atoms with Crippen LogP contribution >= 0.6 is 0 Å². The van der Waals surface area contributed by atoms with Gasteiger partial charge in [-0.05, 0) is 6.92 Å². The Balaban J connectivity index is 0.000000696. The van der Waals surface area contributed by atoms with Gasteiger partial charge in [0.15, 0.2) is 44.0 Å². The van der Waals surface area contributed by atoms with E-state index < -0.39 is 255 Å². The maximum absolute atomic E-state index is 11.2. The smallest absolute Gasteiger partial charge is 0.187 e. The Kier molecular flexibility index (Phi) is 22.1. The molecule has 22 N–H and O–H groups in total. The molecule has 0 aromatic heterocycles. The van der Waals surface area contributed by atoms with Crippen LogP contribution in [0.2, 0.25) is 0 Å². The predicted octanol–water partition coefficient (Wildman–Crippen LogP) is -15.2. The van der Waals surface area contributed by atoms with Crippen molar-refractivity contribution in [1.82, 2.24) is 0 Å². The topological polar surface area (TPSA) is 565 Å². The number of hydrogen-bond acceptors (Lipinski definition) is 35. The van der Waals surface area contributed by atoms with Crippen LogP contribution in [-0.4, -0.2) is 367 Å². The Morgan fingerprint density at radius 1 is 0.208 bits per heavy atom. The first-order valence-electron chi connectivity index (χ1n) is 24.5. The minimum atomic E-state index is -2.15. The van der Waals surface area contributed by atoms with Crippen molar-refractivity contribution in [3.8, 4) is 0 Å². The fourth-order valence-electron chi connectivity index (χ4n) is 9.96. The van der Waals surface area contributed by atoms with Crippen LogP contribution in [0.25, 0.3) is 0 Å². The van der Waals surface area contributed by atoms with Gasteiger partial charge in [-0.2, -0.15) is 0 Å². The van der Waals surface area contributed by atoms with E-state index in [4.69, 9.17) is 77.3 Å². The van der Waals surface area contributed by atoms with Gasteiger partial charge in [-0.1, -0.05) is 0 Å². The predicted molar refractivity (Wildman–Crippen MR) is 230 cm³/mol. The molecule has 35 nitrogen and oxygen atoms in total. The molecule has 0 aliphatic carbocycles. The van der Waals surface area contributed by atoms with E-state index in [9.17, 15) is 91.9 Å². The molecule has 23 rings (SSSR count). The molecule has 0 radical (unpaired) electrons. The van der Waals surface area contributed by atoms with Gasteiger partial charge in [0, 0.05) is 0 Å². The second kappa shape index (κ2) is 26.9. The molecule has 0 aromatic rings. The zero-order chi connectivity index (χ0) is 56.6. The van der Waals surface area contributed by atoms with Crippen molar-refractivity contribution in [3.63, 3.8) is 0 Å². The molecule has 35 atom stereocenters. The lowest BCUT2D eigenvalue weighted by molar-refractivity contribution is -0.404. The lowest BCUT2D eigenvalue weighted by Gasteiger charge is -2.50. The number of rotatable bonds is 6. The third kappa shape index (κ3) is 12.9. The van der Waals surface area contributed by atoms with Crippen molar-refractivity contribution < 1.29 is 174 Å². The lowest BCUT2D eigenvalue weighted by atomic mass is 9.94. The van der Waals surface area contributed by atoms with E-state index in [0.717, 1.165) is 0 Å². The van der Waals surface area contributed by atoms with E-state index in [1.807, 2.05) is 0 Å². The molecule has 450 valence electrons. The van der Waals surface area contributed by atoms with Crippen LogP contribution in [0.3, 0.4) is 0 Å². The minimum Gasteiger partial charge on any atom is -0.394 e. The zero-order valence-electron chi connectivity index (χ0n) is 40.6. The lowest BCUT2D eigenvalue weighted by Crippen LogP contribution is -2.69. The van der Waals surface area contributed by atoms with Crippen LogP contribution in [0, 0.1) is 0 Å². The van der Waals surface area contributed by atoms with Gasteiger partial charge in [0.05, 0.1) is 45.7 Å². The summed E-state index contributed by atoms with van der Waals surface area (Å²) >= 11 is 0. The number of hydrogen-bond donors (Lipinski definition) is 22. The first-order chi connectivity index (χ1) is 36.5. The Morgan fingerprint density at radius 2 is 0.390 bits per heavy atom. The molecule has 0 saturated carbocycles. The maximum Gasteiger partial charge on any atom is 0.187 e. The Hall–Kier alpha value is -1.40. The molecular weight excluding hydrogens is 1060 g/mol. The quantitative estimate of drug-likeness (QED) is 0.117. The van der Waals surface area contributed by atoms with Gasteiger partial charge in [-0.25, -0.2) is 0 Å². The largest absolute Gasteiger partial charge is 0.394 e. The highest BCUT2D eigenvalue weighted by molar-refractivity contribution is 5.01. The molecule has 77 heavy (non-hydrogen) atoms. The van der Waals surface area contributed by atoms with Gasteiger partial charge >= 0.3 is 0 Å². The standard InChI is InChI=1S/C36H60O30.C6H12O5/c37-1-7-25-13(43)19(49)31(55-7)62-26-8(2-38)57-33(21(51)15(26)45)64-28-10(4-40)59-35(23(53)17(28)47)66-30-12(6-42)60-36(24(54)18(30)48)65-29-11(5-41)58-34(22(52)16(29)46)63-27-9(3-39)56-32(61-25)20(50)14(27)44;1-2-3(7)4(8)5(9)6(10)11-2/h7-54H,1-6H2;2-10H,1H3/t7-,8-,9-,10-,11-,12-,13?,14?,15?,16?,17?,18?,19?,20?,21?,22?,23?,24?,25-,26-,27-,28-,29-,30?,31-,32-,33-,34-,35?,36-;2-,3-,4+,5+,6?/m10/s1. The third-order valence-corrected chi connectivity index (χ3v) is 14.5. The van der Waals surface area contributed by atoms with Crippen molar-refractivity contribution in [2.45, 2.75) is 222 Å². The molecule has 23 saturated heterocycles. The molecule has 35 heteroatoms. The second-order valence-electron chi connectivity index (χ2n) is 19.5. The minimum absolute atomic E-state index is 0.664. The third-order valence-electron chi connectivity index (χ3n) is 14.5. The first-order valence-corrected chi connectivity index (χ1v) is 24.5. The average molecular weight is 1140 g/mol. The number of ether oxygens (including phenoxy) is 13.